The van der Waals surface area contributed by atoms with Gasteiger partial charge in [-0.15, -0.1) is 11.3 Å². The van der Waals surface area contributed by atoms with Crippen molar-refractivity contribution in [3.8, 4) is 22.6 Å². The number of aromatic nitrogens is 4. The largest absolute Gasteiger partial charge is 0.324 e. The molecule has 0 spiro atoms. The Kier molecular flexibility index (Phi) is 6.72. The molecule has 8 nitrogen and oxygen atoms in total. The van der Waals surface area contributed by atoms with Gasteiger partial charge < -0.3 is 16.0 Å². The van der Waals surface area contributed by atoms with Crippen LogP contribution in [0, 0.1) is 0 Å². The van der Waals surface area contributed by atoms with Crippen molar-refractivity contribution in [1.29, 1.82) is 0 Å². The number of pyridine rings is 1. The highest BCUT2D eigenvalue weighted by Crippen LogP contribution is 2.34. The van der Waals surface area contributed by atoms with E-state index in [-0.39, 0.29) is 5.91 Å². The predicted octanol–water partition coefficient (Wildman–Crippen LogP) is 6.59. The van der Waals surface area contributed by atoms with Gasteiger partial charge in [-0.1, -0.05) is 36.4 Å². The molecular weight excluding hydrogens is 530 g/mol. The molecule has 3 N–H and O–H groups in total. The predicted molar refractivity (Wildman–Crippen MR) is 164 cm³/mol. The molecule has 6 aromatic rings. The summed E-state index contributed by atoms with van der Waals surface area (Å²) in [6, 6.07) is 27.7. The maximum atomic E-state index is 12.7. The molecule has 0 bridgehead atoms. The molecular formula is C32H27N7OS. The number of amides is 1. The van der Waals surface area contributed by atoms with Crippen molar-refractivity contribution in [2.24, 2.45) is 0 Å². The minimum absolute atomic E-state index is 0.133. The standard InChI is InChI=1S/C32H27N7OS/c40-31(27-7-4-18-41-27)35-25-6-3-5-22(19-25)29-30(39-17-2-1-8-28(39)38-29)26-14-16-34-32(37-26)36-24-11-9-21(10-12-24)23-13-15-33-20-23/h1-12,14,16-19,23,33H,13,15,20H2,(H,35,40)(H,34,36,37). The lowest BCUT2D eigenvalue weighted by Crippen LogP contribution is -2.09. The van der Waals surface area contributed by atoms with Crippen molar-refractivity contribution < 1.29 is 4.79 Å². The van der Waals surface area contributed by atoms with Crippen LogP contribution in [0.1, 0.15) is 27.6 Å². The Morgan fingerprint density at radius 3 is 2.71 bits per heavy atom. The molecule has 0 radical (unpaired) electrons. The number of imidazole rings is 1. The van der Waals surface area contributed by atoms with Crippen LogP contribution < -0.4 is 16.0 Å². The smallest absolute Gasteiger partial charge is 0.265 e. The Morgan fingerprint density at radius 1 is 0.951 bits per heavy atom. The van der Waals surface area contributed by atoms with Gasteiger partial charge in [-0.25, -0.2) is 15.0 Å². The van der Waals surface area contributed by atoms with Crippen molar-refractivity contribution in [3.05, 3.63) is 113 Å². The molecule has 0 saturated carbocycles. The monoisotopic (exact) mass is 557 g/mol. The number of benzene rings is 2. The number of carbonyl (C=O) groups is 1. The summed E-state index contributed by atoms with van der Waals surface area (Å²) in [4.78, 5) is 27.7. The summed E-state index contributed by atoms with van der Waals surface area (Å²) in [5.41, 5.74) is 7.00. The van der Waals surface area contributed by atoms with Crippen LogP contribution in [0.25, 0.3) is 28.3 Å². The minimum atomic E-state index is -0.133. The molecule has 1 fully saturated rings. The van der Waals surface area contributed by atoms with Gasteiger partial charge in [0.15, 0.2) is 0 Å². The molecule has 41 heavy (non-hydrogen) atoms. The Hall–Kier alpha value is -4.86. The Morgan fingerprint density at radius 2 is 1.88 bits per heavy atom. The maximum Gasteiger partial charge on any atom is 0.265 e. The highest BCUT2D eigenvalue weighted by molar-refractivity contribution is 7.12. The van der Waals surface area contributed by atoms with Gasteiger partial charge in [-0.05, 0) is 78.4 Å². The fraction of sp³-hybridized carbons (Fsp3) is 0.125. The lowest BCUT2D eigenvalue weighted by Gasteiger charge is -2.11. The second-order valence-corrected chi connectivity index (χ2v) is 10.9. The van der Waals surface area contributed by atoms with E-state index in [2.05, 4.69) is 45.2 Å². The third kappa shape index (κ3) is 5.20. The molecule has 1 atom stereocenters. The number of nitrogens with zero attached hydrogens (tertiary/aromatic N) is 4. The summed E-state index contributed by atoms with van der Waals surface area (Å²) < 4.78 is 2.03. The summed E-state index contributed by atoms with van der Waals surface area (Å²) in [5, 5.41) is 11.7. The number of hydrogen-bond acceptors (Lipinski definition) is 7. The van der Waals surface area contributed by atoms with Crippen molar-refractivity contribution in [2.45, 2.75) is 12.3 Å². The number of anilines is 3. The Labute approximate surface area is 241 Å². The van der Waals surface area contributed by atoms with Crippen LogP contribution in [0.15, 0.2) is 103 Å². The highest BCUT2D eigenvalue weighted by atomic mass is 32.1. The van der Waals surface area contributed by atoms with Gasteiger partial charge in [-0.3, -0.25) is 9.20 Å². The number of nitrogens with one attached hydrogen (secondary N) is 3. The van der Waals surface area contributed by atoms with Crippen LogP contribution in [-0.2, 0) is 0 Å². The van der Waals surface area contributed by atoms with E-state index >= 15 is 0 Å². The summed E-state index contributed by atoms with van der Waals surface area (Å²) >= 11 is 1.41. The summed E-state index contributed by atoms with van der Waals surface area (Å²) in [7, 11) is 0. The van der Waals surface area contributed by atoms with Gasteiger partial charge in [0.2, 0.25) is 5.95 Å². The van der Waals surface area contributed by atoms with E-state index in [0.717, 1.165) is 47.1 Å². The first-order valence-electron chi connectivity index (χ1n) is 13.5. The highest BCUT2D eigenvalue weighted by Gasteiger charge is 2.19. The van der Waals surface area contributed by atoms with Gasteiger partial charge in [0, 0.05) is 35.9 Å². The third-order valence-electron chi connectivity index (χ3n) is 7.27. The molecule has 1 unspecified atom stereocenters. The van der Waals surface area contributed by atoms with Gasteiger partial charge in [0.25, 0.3) is 5.91 Å². The van der Waals surface area contributed by atoms with Gasteiger partial charge in [0.05, 0.1) is 22.0 Å². The van der Waals surface area contributed by atoms with Crippen LogP contribution in [0.4, 0.5) is 17.3 Å². The first-order chi connectivity index (χ1) is 20.2. The lowest BCUT2D eigenvalue weighted by atomic mass is 9.98. The molecule has 1 aliphatic rings. The first-order valence-corrected chi connectivity index (χ1v) is 14.4. The van der Waals surface area contributed by atoms with E-state index in [9.17, 15) is 4.79 Å². The van der Waals surface area contributed by atoms with E-state index in [1.54, 1.807) is 6.20 Å². The molecule has 202 valence electrons. The number of fused-ring (bicyclic) bond motifs is 1. The summed E-state index contributed by atoms with van der Waals surface area (Å²) in [6.45, 7) is 2.11. The molecule has 0 aliphatic carbocycles. The quantitative estimate of drug-likeness (QED) is 0.205. The SMILES string of the molecule is O=C(Nc1cccc(-c2nc3ccccn3c2-c2ccnc(Nc3ccc(C4CCNC4)cc3)n2)c1)c1cccs1. The Bertz CT molecular complexity index is 1820. The number of hydrogen-bond donors (Lipinski definition) is 3. The van der Waals surface area contributed by atoms with E-state index < -0.39 is 0 Å². The van der Waals surface area contributed by atoms with Crippen LogP contribution >= 0.6 is 11.3 Å². The average molecular weight is 558 g/mol. The van der Waals surface area contributed by atoms with Gasteiger partial charge in [-0.2, -0.15) is 0 Å². The molecule has 1 amide bonds. The van der Waals surface area contributed by atoms with E-state index in [1.165, 1.54) is 23.3 Å². The van der Waals surface area contributed by atoms with Crippen LogP contribution in [-0.4, -0.2) is 38.3 Å². The van der Waals surface area contributed by atoms with Gasteiger partial charge in [0.1, 0.15) is 5.65 Å². The molecule has 5 heterocycles. The third-order valence-corrected chi connectivity index (χ3v) is 8.13. The number of thiophene rings is 1. The fourth-order valence-corrected chi connectivity index (χ4v) is 5.86. The van der Waals surface area contributed by atoms with Crippen LogP contribution in [0.5, 0.6) is 0 Å². The van der Waals surface area contributed by atoms with Crippen molar-refractivity contribution in [3.63, 3.8) is 0 Å². The molecule has 1 aliphatic heterocycles. The molecule has 1 saturated heterocycles. The normalized spacial score (nSPS) is 14.8. The average Bonchev–Trinajstić information content (AvgIpc) is 3.79. The van der Waals surface area contributed by atoms with Crippen molar-refractivity contribution in [2.75, 3.05) is 23.7 Å². The number of rotatable bonds is 7. The van der Waals surface area contributed by atoms with Crippen molar-refractivity contribution >= 4 is 40.2 Å². The lowest BCUT2D eigenvalue weighted by molar-refractivity contribution is 0.103. The van der Waals surface area contributed by atoms with E-state index in [0.29, 0.717) is 22.4 Å². The maximum absolute atomic E-state index is 12.7. The van der Waals surface area contributed by atoms with Crippen molar-refractivity contribution in [1.82, 2.24) is 24.7 Å². The second kappa shape index (κ2) is 11.0. The minimum Gasteiger partial charge on any atom is -0.324 e. The summed E-state index contributed by atoms with van der Waals surface area (Å²) in [6.07, 6.45) is 4.91. The zero-order valence-corrected chi connectivity index (χ0v) is 22.9. The second-order valence-electron chi connectivity index (χ2n) is 9.95. The zero-order valence-electron chi connectivity index (χ0n) is 22.1. The molecule has 9 heteroatoms. The van der Waals surface area contributed by atoms with Crippen LogP contribution in [0.2, 0.25) is 0 Å². The van der Waals surface area contributed by atoms with Crippen LogP contribution in [0.3, 0.4) is 0 Å². The van der Waals surface area contributed by atoms with E-state index in [1.807, 2.05) is 76.6 Å². The molecule has 7 rings (SSSR count). The van der Waals surface area contributed by atoms with Gasteiger partial charge >= 0.3 is 0 Å². The fourth-order valence-electron chi connectivity index (χ4n) is 5.24. The number of carbonyl (C=O) groups excluding carboxylic acids is 1. The zero-order chi connectivity index (χ0) is 27.6. The van der Waals surface area contributed by atoms with E-state index in [4.69, 9.17) is 9.97 Å². The Balaban J connectivity index is 1.21. The molecule has 4 aromatic heterocycles. The summed E-state index contributed by atoms with van der Waals surface area (Å²) in [5.74, 6) is 0.943. The molecule has 2 aromatic carbocycles. The first kappa shape index (κ1) is 25.1. The topological polar surface area (TPSA) is 96.2 Å².